The fourth-order valence-corrected chi connectivity index (χ4v) is 3.62. The third kappa shape index (κ3) is 7.59. The summed E-state index contributed by atoms with van der Waals surface area (Å²) in [7, 11) is 0. The Kier molecular flexibility index (Phi) is 9.17. The molecule has 1 N–H and O–H groups in total. The second-order valence-electron chi connectivity index (χ2n) is 6.91. The summed E-state index contributed by atoms with van der Waals surface area (Å²) in [5.41, 5.74) is 0.901. The lowest BCUT2D eigenvalue weighted by molar-refractivity contribution is -0.127. The highest BCUT2D eigenvalue weighted by Crippen LogP contribution is 2.33. The van der Waals surface area contributed by atoms with E-state index in [1.807, 2.05) is 34.6 Å². The molecule has 0 bridgehead atoms. The first kappa shape index (κ1) is 21.7. The Morgan fingerprint density at radius 3 is 2.60 bits per heavy atom. The molecule has 0 saturated heterocycles. The molecule has 6 nitrogen and oxygen atoms in total. The van der Waals surface area contributed by atoms with Gasteiger partial charge in [-0.3, -0.25) is 14.4 Å². The molecule has 1 amide bonds. The van der Waals surface area contributed by atoms with Crippen LogP contribution in [0.3, 0.4) is 0 Å². The number of ketones is 2. The Morgan fingerprint density at radius 2 is 2.00 bits per heavy atom. The lowest BCUT2D eigenvalue weighted by Crippen LogP contribution is -2.28. The van der Waals surface area contributed by atoms with Crippen LogP contribution in [0, 0.1) is 11.8 Å². The minimum Gasteiger partial charge on any atom is -0.394 e. The molecular weight excluding hydrogens is 340 g/mol. The van der Waals surface area contributed by atoms with Crippen molar-refractivity contribution in [3.63, 3.8) is 0 Å². The van der Waals surface area contributed by atoms with E-state index in [-0.39, 0.29) is 29.1 Å². The summed E-state index contributed by atoms with van der Waals surface area (Å²) >= 11 is 1.54. The second kappa shape index (κ2) is 10.6. The summed E-state index contributed by atoms with van der Waals surface area (Å²) in [5.74, 6) is -0.505. The molecule has 25 heavy (non-hydrogen) atoms. The maximum Gasteiger partial charge on any atom is 0.220 e. The van der Waals surface area contributed by atoms with Crippen LogP contribution < -0.4 is 5.32 Å². The van der Waals surface area contributed by atoms with Crippen molar-refractivity contribution in [3.8, 4) is 0 Å². The monoisotopic (exact) mass is 370 g/mol. The normalized spacial score (nSPS) is 21.3. The van der Waals surface area contributed by atoms with Gasteiger partial charge in [-0.15, -0.1) is 11.8 Å². The summed E-state index contributed by atoms with van der Waals surface area (Å²) in [5, 5.41) is 6.75. The minimum absolute atomic E-state index is 0.0154. The number of thioether (sulfide) groups is 1. The highest BCUT2D eigenvalue weighted by Gasteiger charge is 2.41. The molecule has 2 unspecified atom stereocenters. The molecule has 1 aliphatic rings. The third-order valence-electron chi connectivity index (χ3n) is 4.09. The van der Waals surface area contributed by atoms with Gasteiger partial charge in [-0.25, -0.2) is 0 Å². The van der Waals surface area contributed by atoms with Gasteiger partial charge in [-0.2, -0.15) is 0 Å². The zero-order valence-electron chi connectivity index (χ0n) is 15.8. The van der Waals surface area contributed by atoms with E-state index in [1.54, 1.807) is 0 Å². The molecule has 142 valence electrons. The SMILES string of the molecule is C/C(=N\OCCNC(=O)CCC1C(=O)CC(SC(C)C)C1=O)C(C)C. The van der Waals surface area contributed by atoms with E-state index in [4.69, 9.17) is 4.84 Å². The van der Waals surface area contributed by atoms with Crippen molar-refractivity contribution < 1.29 is 19.2 Å². The van der Waals surface area contributed by atoms with E-state index in [2.05, 4.69) is 10.5 Å². The summed E-state index contributed by atoms with van der Waals surface area (Å²) in [6, 6.07) is 0. The zero-order valence-corrected chi connectivity index (χ0v) is 16.6. The van der Waals surface area contributed by atoms with Gasteiger partial charge in [0.15, 0.2) is 5.78 Å². The number of carbonyl (C=O) groups excluding carboxylic acids is 3. The van der Waals surface area contributed by atoms with Crippen molar-refractivity contribution in [2.75, 3.05) is 13.2 Å². The van der Waals surface area contributed by atoms with E-state index >= 15 is 0 Å². The molecule has 2 atom stereocenters. The van der Waals surface area contributed by atoms with Crippen LogP contribution in [0.5, 0.6) is 0 Å². The van der Waals surface area contributed by atoms with Crippen molar-refractivity contribution in [2.24, 2.45) is 17.0 Å². The predicted octanol–water partition coefficient (Wildman–Crippen LogP) is 2.60. The Labute approximate surface area is 154 Å². The Balaban J connectivity index is 2.27. The first-order valence-electron chi connectivity index (χ1n) is 8.87. The molecule has 1 rings (SSSR count). The molecule has 0 heterocycles. The number of Topliss-reactive ketones (excluding diaryl/α,β-unsaturated/α-hetero) is 2. The molecule has 7 heteroatoms. The average Bonchev–Trinajstić information content (AvgIpc) is 2.78. The van der Waals surface area contributed by atoms with Gasteiger partial charge in [0.05, 0.1) is 23.4 Å². The number of rotatable bonds is 10. The average molecular weight is 371 g/mol. The maximum atomic E-state index is 12.3. The first-order chi connectivity index (χ1) is 11.7. The number of nitrogens with one attached hydrogen (secondary N) is 1. The summed E-state index contributed by atoms with van der Waals surface area (Å²) in [4.78, 5) is 41.3. The maximum absolute atomic E-state index is 12.3. The van der Waals surface area contributed by atoms with Crippen molar-refractivity contribution in [2.45, 2.75) is 64.4 Å². The smallest absolute Gasteiger partial charge is 0.220 e. The van der Waals surface area contributed by atoms with Crippen LogP contribution in [0.1, 0.15) is 53.9 Å². The Morgan fingerprint density at radius 1 is 1.32 bits per heavy atom. The number of hydrogen-bond donors (Lipinski definition) is 1. The number of oxime groups is 1. The molecule has 0 radical (unpaired) electrons. The summed E-state index contributed by atoms with van der Waals surface area (Å²) in [6.45, 7) is 10.6. The topological polar surface area (TPSA) is 84.8 Å². The molecular formula is C18H30N2O4S. The van der Waals surface area contributed by atoms with Crippen LogP contribution in [-0.4, -0.2) is 46.8 Å². The highest BCUT2D eigenvalue weighted by atomic mass is 32.2. The van der Waals surface area contributed by atoms with E-state index in [0.29, 0.717) is 37.2 Å². The van der Waals surface area contributed by atoms with E-state index in [0.717, 1.165) is 5.71 Å². The van der Waals surface area contributed by atoms with Crippen molar-refractivity contribution in [1.29, 1.82) is 0 Å². The van der Waals surface area contributed by atoms with Gasteiger partial charge in [-0.1, -0.05) is 32.9 Å². The number of carbonyl (C=O) groups is 3. The molecule has 0 aromatic carbocycles. The highest BCUT2D eigenvalue weighted by molar-refractivity contribution is 8.01. The lowest BCUT2D eigenvalue weighted by Gasteiger charge is -2.11. The minimum atomic E-state index is -0.614. The van der Waals surface area contributed by atoms with Gasteiger partial charge in [0.25, 0.3) is 0 Å². The van der Waals surface area contributed by atoms with Crippen LogP contribution in [0.15, 0.2) is 5.16 Å². The molecule has 0 spiro atoms. The zero-order chi connectivity index (χ0) is 19.0. The largest absolute Gasteiger partial charge is 0.394 e. The van der Waals surface area contributed by atoms with Crippen LogP contribution in [0.25, 0.3) is 0 Å². The van der Waals surface area contributed by atoms with Gasteiger partial charge in [0, 0.05) is 12.8 Å². The van der Waals surface area contributed by atoms with Crippen LogP contribution in [0.4, 0.5) is 0 Å². The Hall–Kier alpha value is -1.37. The predicted molar refractivity (Wildman–Crippen MR) is 101 cm³/mol. The fraction of sp³-hybridized carbons (Fsp3) is 0.778. The van der Waals surface area contributed by atoms with Crippen LogP contribution in [0.2, 0.25) is 0 Å². The van der Waals surface area contributed by atoms with Crippen molar-refractivity contribution in [1.82, 2.24) is 5.32 Å². The van der Waals surface area contributed by atoms with Crippen LogP contribution in [-0.2, 0) is 19.2 Å². The van der Waals surface area contributed by atoms with E-state index < -0.39 is 5.92 Å². The third-order valence-corrected chi connectivity index (χ3v) is 5.36. The molecule has 0 aliphatic heterocycles. The molecule has 0 aromatic heterocycles. The number of amides is 1. The molecule has 1 fully saturated rings. The Bertz CT molecular complexity index is 517. The quantitative estimate of drug-likeness (QED) is 0.276. The van der Waals surface area contributed by atoms with Gasteiger partial charge in [-0.05, 0) is 24.5 Å². The first-order valence-corrected chi connectivity index (χ1v) is 9.81. The molecule has 0 aromatic rings. The molecule has 1 aliphatic carbocycles. The van der Waals surface area contributed by atoms with Gasteiger partial charge < -0.3 is 10.2 Å². The van der Waals surface area contributed by atoms with E-state index in [1.165, 1.54) is 11.8 Å². The standard InChI is InChI=1S/C18H30N2O4S/c1-11(2)13(5)20-24-9-8-19-17(22)7-6-14-15(21)10-16(18(14)23)25-12(3)4/h11-12,14,16H,6-10H2,1-5H3,(H,19,22)/b20-13+. The van der Waals surface area contributed by atoms with Gasteiger partial charge in [0.1, 0.15) is 12.4 Å². The lowest BCUT2D eigenvalue weighted by atomic mass is 10.00. The van der Waals surface area contributed by atoms with Gasteiger partial charge in [0.2, 0.25) is 5.91 Å². The van der Waals surface area contributed by atoms with Crippen molar-refractivity contribution >= 4 is 34.9 Å². The second-order valence-corrected chi connectivity index (χ2v) is 8.69. The number of hydrogen-bond acceptors (Lipinski definition) is 6. The van der Waals surface area contributed by atoms with Crippen molar-refractivity contribution in [3.05, 3.63) is 0 Å². The fourth-order valence-electron chi connectivity index (χ4n) is 2.41. The summed E-state index contributed by atoms with van der Waals surface area (Å²) < 4.78 is 0. The summed E-state index contributed by atoms with van der Waals surface area (Å²) in [6.07, 6.45) is 0.772. The molecule has 1 saturated carbocycles. The number of nitrogens with zero attached hydrogens (tertiary/aromatic N) is 1. The van der Waals surface area contributed by atoms with Crippen LogP contribution >= 0.6 is 11.8 Å². The van der Waals surface area contributed by atoms with Gasteiger partial charge >= 0.3 is 0 Å². The van der Waals surface area contributed by atoms with E-state index in [9.17, 15) is 14.4 Å².